The number of amides is 1. The van der Waals surface area contributed by atoms with Crippen molar-refractivity contribution < 1.29 is 4.79 Å². The minimum atomic E-state index is 0.210. The number of nitrogens with one attached hydrogen (secondary N) is 1. The van der Waals surface area contributed by atoms with Gasteiger partial charge in [0.25, 0.3) is 0 Å². The van der Waals surface area contributed by atoms with E-state index in [0.717, 1.165) is 51.1 Å². The minimum Gasteiger partial charge on any atom is -0.341 e. The standard InChI is InChI=1S/C13H22N4O/c1-2-5-14-8-12-9-15-11-17(12)10-13(18)16-6-3-4-7-16/h9,11,14H,2-8,10H2,1H3. The van der Waals surface area contributed by atoms with Crippen LogP contribution in [-0.2, 0) is 17.9 Å². The highest BCUT2D eigenvalue weighted by molar-refractivity contribution is 5.76. The Kier molecular flexibility index (Phi) is 4.75. The first-order valence-electron chi connectivity index (χ1n) is 6.78. The Morgan fingerprint density at radius 3 is 2.94 bits per heavy atom. The molecule has 0 atom stereocenters. The minimum absolute atomic E-state index is 0.210. The van der Waals surface area contributed by atoms with Crippen LogP contribution in [0.4, 0.5) is 0 Å². The second-order valence-electron chi connectivity index (χ2n) is 4.78. The summed E-state index contributed by atoms with van der Waals surface area (Å²) < 4.78 is 1.95. The molecular weight excluding hydrogens is 228 g/mol. The molecule has 0 saturated carbocycles. The zero-order valence-electron chi connectivity index (χ0n) is 11.1. The third-order valence-electron chi connectivity index (χ3n) is 3.30. The predicted molar refractivity (Wildman–Crippen MR) is 70.0 cm³/mol. The van der Waals surface area contributed by atoms with Crippen molar-refractivity contribution in [3.05, 3.63) is 18.2 Å². The zero-order valence-corrected chi connectivity index (χ0v) is 11.1. The lowest BCUT2D eigenvalue weighted by Crippen LogP contribution is -2.31. The molecule has 1 aliphatic heterocycles. The maximum absolute atomic E-state index is 12.1. The highest BCUT2D eigenvalue weighted by Crippen LogP contribution is 2.09. The quantitative estimate of drug-likeness (QED) is 0.766. The normalized spacial score (nSPS) is 15.3. The number of aromatic nitrogens is 2. The number of carbonyl (C=O) groups is 1. The molecule has 0 bridgehead atoms. The van der Waals surface area contributed by atoms with Gasteiger partial charge in [-0.2, -0.15) is 0 Å². The molecule has 0 radical (unpaired) electrons. The highest BCUT2D eigenvalue weighted by Gasteiger charge is 2.18. The van der Waals surface area contributed by atoms with Crippen molar-refractivity contribution in [2.45, 2.75) is 39.3 Å². The summed E-state index contributed by atoms with van der Waals surface area (Å²) >= 11 is 0. The van der Waals surface area contributed by atoms with Gasteiger partial charge in [0.05, 0.1) is 12.0 Å². The average Bonchev–Trinajstić information content (AvgIpc) is 3.01. The van der Waals surface area contributed by atoms with Crippen LogP contribution < -0.4 is 5.32 Å². The number of hydrogen-bond donors (Lipinski definition) is 1. The fourth-order valence-electron chi connectivity index (χ4n) is 2.24. The zero-order chi connectivity index (χ0) is 12.8. The number of rotatable bonds is 6. The fourth-order valence-corrected chi connectivity index (χ4v) is 2.24. The lowest BCUT2D eigenvalue weighted by Gasteiger charge is -2.16. The van der Waals surface area contributed by atoms with Gasteiger partial charge in [-0.3, -0.25) is 4.79 Å². The van der Waals surface area contributed by atoms with Crippen LogP contribution >= 0.6 is 0 Å². The summed E-state index contributed by atoms with van der Waals surface area (Å²) in [5.41, 5.74) is 1.08. The molecular formula is C13H22N4O. The fraction of sp³-hybridized carbons (Fsp3) is 0.692. The largest absolute Gasteiger partial charge is 0.341 e. The molecule has 1 amide bonds. The number of imidazole rings is 1. The molecule has 0 aromatic carbocycles. The van der Waals surface area contributed by atoms with Crippen LogP contribution in [0.2, 0.25) is 0 Å². The predicted octanol–water partition coefficient (Wildman–Crippen LogP) is 1.01. The van der Waals surface area contributed by atoms with E-state index in [1.165, 1.54) is 0 Å². The van der Waals surface area contributed by atoms with Gasteiger partial charge in [-0.05, 0) is 25.8 Å². The number of nitrogens with zero attached hydrogens (tertiary/aromatic N) is 3. The Labute approximate surface area is 108 Å². The molecule has 2 heterocycles. The van der Waals surface area contributed by atoms with E-state index in [1.54, 1.807) is 6.33 Å². The third kappa shape index (κ3) is 3.32. The first kappa shape index (κ1) is 13.1. The Balaban J connectivity index is 1.88. The van der Waals surface area contributed by atoms with Crippen molar-refractivity contribution in [2.24, 2.45) is 0 Å². The van der Waals surface area contributed by atoms with Crippen LogP contribution in [0.25, 0.3) is 0 Å². The molecule has 100 valence electrons. The molecule has 1 fully saturated rings. The van der Waals surface area contributed by atoms with Gasteiger partial charge in [-0.1, -0.05) is 6.92 Å². The molecule has 0 aliphatic carbocycles. The van der Waals surface area contributed by atoms with E-state index in [1.807, 2.05) is 15.7 Å². The van der Waals surface area contributed by atoms with E-state index in [2.05, 4.69) is 17.2 Å². The first-order valence-corrected chi connectivity index (χ1v) is 6.78. The monoisotopic (exact) mass is 250 g/mol. The van der Waals surface area contributed by atoms with Gasteiger partial charge in [-0.25, -0.2) is 4.98 Å². The van der Waals surface area contributed by atoms with Crippen LogP contribution in [0.5, 0.6) is 0 Å². The van der Waals surface area contributed by atoms with E-state index in [9.17, 15) is 4.79 Å². The van der Waals surface area contributed by atoms with Crippen molar-refractivity contribution >= 4 is 5.91 Å². The second kappa shape index (κ2) is 6.54. The van der Waals surface area contributed by atoms with Gasteiger partial charge in [-0.15, -0.1) is 0 Å². The number of carbonyl (C=O) groups excluding carboxylic acids is 1. The lowest BCUT2D eigenvalue weighted by atomic mass is 10.4. The molecule has 1 aliphatic rings. The first-order chi connectivity index (χ1) is 8.81. The van der Waals surface area contributed by atoms with Crippen molar-refractivity contribution in [3.63, 3.8) is 0 Å². The second-order valence-corrected chi connectivity index (χ2v) is 4.78. The maximum Gasteiger partial charge on any atom is 0.242 e. The van der Waals surface area contributed by atoms with Crippen LogP contribution in [0, 0.1) is 0 Å². The molecule has 0 spiro atoms. The van der Waals surface area contributed by atoms with Gasteiger partial charge in [0.2, 0.25) is 5.91 Å². The molecule has 5 nitrogen and oxygen atoms in total. The van der Waals surface area contributed by atoms with Crippen molar-refractivity contribution in [2.75, 3.05) is 19.6 Å². The van der Waals surface area contributed by atoms with E-state index >= 15 is 0 Å². The Bertz CT molecular complexity index is 382. The van der Waals surface area contributed by atoms with Gasteiger partial charge in [0, 0.05) is 25.8 Å². The molecule has 1 aromatic heterocycles. The van der Waals surface area contributed by atoms with Crippen molar-refractivity contribution in [1.82, 2.24) is 19.8 Å². The summed E-state index contributed by atoms with van der Waals surface area (Å²) in [5.74, 6) is 0.210. The van der Waals surface area contributed by atoms with Crippen LogP contribution in [-0.4, -0.2) is 40.0 Å². The Morgan fingerprint density at radius 2 is 2.22 bits per heavy atom. The summed E-state index contributed by atoms with van der Waals surface area (Å²) in [6.07, 6.45) is 6.97. The lowest BCUT2D eigenvalue weighted by molar-refractivity contribution is -0.130. The summed E-state index contributed by atoms with van der Waals surface area (Å²) in [5, 5.41) is 3.33. The number of likely N-dealkylation sites (tertiary alicyclic amines) is 1. The molecule has 1 saturated heterocycles. The van der Waals surface area contributed by atoms with Gasteiger partial charge in [0.15, 0.2) is 0 Å². The summed E-state index contributed by atoms with van der Waals surface area (Å²) in [6, 6.07) is 0. The van der Waals surface area contributed by atoms with E-state index in [-0.39, 0.29) is 5.91 Å². The van der Waals surface area contributed by atoms with Gasteiger partial charge in [0.1, 0.15) is 6.54 Å². The van der Waals surface area contributed by atoms with Gasteiger partial charge < -0.3 is 14.8 Å². The SMILES string of the molecule is CCCNCc1cncn1CC(=O)N1CCCC1. The average molecular weight is 250 g/mol. The van der Waals surface area contributed by atoms with Crippen LogP contribution in [0.15, 0.2) is 12.5 Å². The summed E-state index contributed by atoms with van der Waals surface area (Å²) in [7, 11) is 0. The maximum atomic E-state index is 12.1. The number of hydrogen-bond acceptors (Lipinski definition) is 3. The molecule has 1 aromatic rings. The van der Waals surface area contributed by atoms with Crippen LogP contribution in [0.3, 0.4) is 0 Å². The Morgan fingerprint density at radius 1 is 1.44 bits per heavy atom. The molecule has 1 N–H and O–H groups in total. The van der Waals surface area contributed by atoms with Crippen molar-refractivity contribution in [3.8, 4) is 0 Å². The van der Waals surface area contributed by atoms with Crippen molar-refractivity contribution in [1.29, 1.82) is 0 Å². The smallest absolute Gasteiger partial charge is 0.242 e. The topological polar surface area (TPSA) is 50.2 Å². The summed E-state index contributed by atoms with van der Waals surface area (Å²) in [6.45, 7) is 6.16. The van der Waals surface area contributed by atoms with E-state index in [0.29, 0.717) is 6.54 Å². The van der Waals surface area contributed by atoms with E-state index in [4.69, 9.17) is 0 Å². The summed E-state index contributed by atoms with van der Waals surface area (Å²) in [4.78, 5) is 18.1. The highest BCUT2D eigenvalue weighted by atomic mass is 16.2. The third-order valence-corrected chi connectivity index (χ3v) is 3.30. The molecule has 2 rings (SSSR count). The molecule has 0 unspecified atom stereocenters. The van der Waals surface area contributed by atoms with E-state index < -0.39 is 0 Å². The van der Waals surface area contributed by atoms with Crippen LogP contribution in [0.1, 0.15) is 31.9 Å². The molecule has 18 heavy (non-hydrogen) atoms. The van der Waals surface area contributed by atoms with Gasteiger partial charge >= 0.3 is 0 Å². The Hall–Kier alpha value is -1.36. The molecule has 5 heteroatoms.